The van der Waals surface area contributed by atoms with Crippen LogP contribution in [-0.2, 0) is 5.41 Å². The van der Waals surface area contributed by atoms with E-state index in [2.05, 4.69) is 82.2 Å². The minimum atomic E-state index is 0.150. The molecule has 0 saturated carbocycles. The highest BCUT2D eigenvalue weighted by Crippen LogP contribution is 2.24. The van der Waals surface area contributed by atoms with Crippen molar-refractivity contribution in [1.29, 1.82) is 0 Å². The van der Waals surface area contributed by atoms with E-state index in [1.807, 2.05) is 0 Å². The zero-order valence-corrected chi connectivity index (χ0v) is 14.8. The number of likely N-dealkylation sites (N-methyl/N-ethyl adjacent to an activating group) is 1. The molecule has 120 valence electrons. The molecule has 0 bridgehead atoms. The molecule has 0 aliphatic heterocycles. The van der Waals surface area contributed by atoms with E-state index in [1.54, 1.807) is 0 Å². The van der Waals surface area contributed by atoms with Gasteiger partial charge in [-0.15, -0.1) is 0 Å². The lowest BCUT2D eigenvalue weighted by Crippen LogP contribution is -2.46. The SMILES string of the molecule is CC(C)CCN(C)CC(C)(CNC(C)C)c1ccccc1. The smallest absolute Gasteiger partial charge is 0.0177 e. The first-order chi connectivity index (χ1) is 9.83. The van der Waals surface area contributed by atoms with Crippen molar-refractivity contribution in [2.24, 2.45) is 5.92 Å². The van der Waals surface area contributed by atoms with Gasteiger partial charge in [-0.2, -0.15) is 0 Å². The Hall–Kier alpha value is -0.860. The third kappa shape index (κ3) is 6.62. The molecule has 1 atom stereocenters. The van der Waals surface area contributed by atoms with E-state index < -0.39 is 0 Å². The van der Waals surface area contributed by atoms with Crippen molar-refractivity contribution in [3.8, 4) is 0 Å². The molecule has 0 amide bonds. The van der Waals surface area contributed by atoms with Gasteiger partial charge >= 0.3 is 0 Å². The summed E-state index contributed by atoms with van der Waals surface area (Å²) in [5.74, 6) is 0.768. The van der Waals surface area contributed by atoms with Crippen LogP contribution in [0.1, 0.15) is 46.6 Å². The maximum Gasteiger partial charge on any atom is 0.0177 e. The largest absolute Gasteiger partial charge is 0.314 e. The van der Waals surface area contributed by atoms with Crippen molar-refractivity contribution in [3.05, 3.63) is 35.9 Å². The maximum absolute atomic E-state index is 3.63. The molecule has 0 spiro atoms. The number of nitrogens with one attached hydrogen (secondary N) is 1. The van der Waals surface area contributed by atoms with E-state index in [0.29, 0.717) is 6.04 Å². The van der Waals surface area contributed by atoms with Gasteiger partial charge in [-0.3, -0.25) is 0 Å². The Morgan fingerprint density at radius 1 is 1.10 bits per heavy atom. The Labute approximate surface area is 131 Å². The molecule has 0 aliphatic carbocycles. The fourth-order valence-corrected chi connectivity index (χ4v) is 2.67. The van der Waals surface area contributed by atoms with E-state index in [9.17, 15) is 0 Å². The molecule has 0 aromatic heterocycles. The van der Waals surface area contributed by atoms with Gasteiger partial charge in [0, 0.05) is 24.5 Å². The van der Waals surface area contributed by atoms with Crippen LogP contribution in [0, 0.1) is 5.92 Å². The molecule has 1 N–H and O–H groups in total. The van der Waals surface area contributed by atoms with E-state index >= 15 is 0 Å². The number of rotatable bonds is 9. The van der Waals surface area contributed by atoms with Crippen LogP contribution in [-0.4, -0.2) is 37.6 Å². The lowest BCUT2D eigenvalue weighted by Gasteiger charge is -2.35. The minimum Gasteiger partial charge on any atom is -0.314 e. The average molecular weight is 290 g/mol. The Kier molecular flexibility index (Phi) is 7.41. The van der Waals surface area contributed by atoms with Crippen molar-refractivity contribution >= 4 is 0 Å². The van der Waals surface area contributed by atoms with Crippen LogP contribution in [0.4, 0.5) is 0 Å². The second-order valence-electron chi connectivity index (χ2n) is 7.38. The van der Waals surface area contributed by atoms with Crippen LogP contribution in [0.25, 0.3) is 0 Å². The van der Waals surface area contributed by atoms with Gasteiger partial charge in [0.2, 0.25) is 0 Å². The zero-order chi connectivity index (χ0) is 15.9. The molecule has 1 aromatic rings. The molecule has 21 heavy (non-hydrogen) atoms. The van der Waals surface area contributed by atoms with Gasteiger partial charge in [-0.1, -0.05) is 65.0 Å². The summed E-state index contributed by atoms with van der Waals surface area (Å²) < 4.78 is 0. The van der Waals surface area contributed by atoms with Crippen LogP contribution in [0.3, 0.4) is 0 Å². The molecule has 1 rings (SSSR count). The van der Waals surface area contributed by atoms with Gasteiger partial charge in [0.15, 0.2) is 0 Å². The fourth-order valence-electron chi connectivity index (χ4n) is 2.67. The molecule has 1 aromatic carbocycles. The monoisotopic (exact) mass is 290 g/mol. The number of benzene rings is 1. The van der Waals surface area contributed by atoms with Crippen LogP contribution >= 0.6 is 0 Å². The predicted molar refractivity (Wildman–Crippen MR) is 93.9 cm³/mol. The predicted octanol–water partition coefficient (Wildman–Crippen LogP) is 3.92. The molecule has 1 unspecified atom stereocenters. The van der Waals surface area contributed by atoms with E-state index in [0.717, 1.165) is 19.0 Å². The van der Waals surface area contributed by atoms with Crippen molar-refractivity contribution in [2.75, 3.05) is 26.7 Å². The van der Waals surface area contributed by atoms with Crippen LogP contribution in [0.5, 0.6) is 0 Å². The van der Waals surface area contributed by atoms with Gasteiger partial charge < -0.3 is 10.2 Å². The third-order valence-corrected chi connectivity index (χ3v) is 4.08. The highest BCUT2D eigenvalue weighted by atomic mass is 15.1. The van der Waals surface area contributed by atoms with E-state index in [4.69, 9.17) is 0 Å². The normalized spacial score (nSPS) is 14.9. The van der Waals surface area contributed by atoms with Crippen molar-refractivity contribution < 1.29 is 0 Å². The average Bonchev–Trinajstić information content (AvgIpc) is 2.44. The molecule has 0 aliphatic rings. The molecular weight excluding hydrogens is 256 g/mol. The third-order valence-electron chi connectivity index (χ3n) is 4.08. The van der Waals surface area contributed by atoms with Crippen LogP contribution in [0.15, 0.2) is 30.3 Å². The van der Waals surface area contributed by atoms with Gasteiger partial charge in [0.25, 0.3) is 0 Å². The lowest BCUT2D eigenvalue weighted by molar-refractivity contribution is 0.236. The van der Waals surface area contributed by atoms with Gasteiger partial charge in [-0.25, -0.2) is 0 Å². The maximum atomic E-state index is 3.63. The molecular formula is C19H34N2. The van der Waals surface area contributed by atoms with Gasteiger partial charge in [-0.05, 0) is 31.5 Å². The summed E-state index contributed by atoms with van der Waals surface area (Å²) in [6.07, 6.45) is 1.26. The summed E-state index contributed by atoms with van der Waals surface area (Å²) in [4.78, 5) is 2.48. The summed E-state index contributed by atoms with van der Waals surface area (Å²) in [6.45, 7) is 14.7. The first-order valence-corrected chi connectivity index (χ1v) is 8.31. The standard InChI is InChI=1S/C19H34N2/c1-16(2)12-13-21(6)15-19(5,14-20-17(3)4)18-10-8-7-9-11-18/h7-11,16-17,20H,12-15H2,1-6H3. The molecule has 2 nitrogen and oxygen atoms in total. The Morgan fingerprint density at radius 3 is 2.24 bits per heavy atom. The minimum absolute atomic E-state index is 0.150. The summed E-state index contributed by atoms with van der Waals surface area (Å²) in [5, 5.41) is 3.63. The van der Waals surface area contributed by atoms with Gasteiger partial charge in [0.1, 0.15) is 0 Å². The number of hydrogen-bond donors (Lipinski definition) is 1. The fraction of sp³-hybridized carbons (Fsp3) is 0.684. The molecule has 0 radical (unpaired) electrons. The molecule has 0 fully saturated rings. The van der Waals surface area contributed by atoms with Crippen LogP contribution < -0.4 is 5.32 Å². The summed E-state index contributed by atoms with van der Waals surface area (Å²) in [6, 6.07) is 11.4. The summed E-state index contributed by atoms with van der Waals surface area (Å²) in [5.41, 5.74) is 1.58. The highest BCUT2D eigenvalue weighted by Gasteiger charge is 2.28. The Morgan fingerprint density at radius 2 is 1.71 bits per heavy atom. The summed E-state index contributed by atoms with van der Waals surface area (Å²) in [7, 11) is 2.25. The first-order valence-electron chi connectivity index (χ1n) is 8.31. The number of nitrogens with zero attached hydrogens (tertiary/aromatic N) is 1. The van der Waals surface area contributed by atoms with E-state index in [1.165, 1.54) is 18.5 Å². The van der Waals surface area contributed by atoms with E-state index in [-0.39, 0.29) is 5.41 Å². The second-order valence-corrected chi connectivity index (χ2v) is 7.38. The van der Waals surface area contributed by atoms with Crippen molar-refractivity contribution in [2.45, 2.75) is 52.5 Å². The topological polar surface area (TPSA) is 15.3 Å². The molecule has 0 heterocycles. The molecule has 0 saturated heterocycles. The van der Waals surface area contributed by atoms with Crippen molar-refractivity contribution in [1.82, 2.24) is 10.2 Å². The van der Waals surface area contributed by atoms with Crippen molar-refractivity contribution in [3.63, 3.8) is 0 Å². The second kappa shape index (κ2) is 8.55. The Bertz CT molecular complexity index is 386. The summed E-state index contributed by atoms with van der Waals surface area (Å²) >= 11 is 0. The van der Waals surface area contributed by atoms with Gasteiger partial charge in [0.05, 0.1) is 0 Å². The first kappa shape index (κ1) is 18.2. The highest BCUT2D eigenvalue weighted by molar-refractivity contribution is 5.25. The van der Waals surface area contributed by atoms with Crippen LogP contribution in [0.2, 0.25) is 0 Å². The quantitative estimate of drug-likeness (QED) is 0.741. The zero-order valence-electron chi connectivity index (χ0n) is 14.8. The Balaban J connectivity index is 2.77. The lowest BCUT2D eigenvalue weighted by atomic mass is 9.81. The number of hydrogen-bond acceptors (Lipinski definition) is 2. The molecule has 2 heteroatoms.